The summed E-state index contributed by atoms with van der Waals surface area (Å²) in [7, 11) is 0. The molecule has 19 heavy (non-hydrogen) atoms. The molecule has 0 bridgehead atoms. The Morgan fingerprint density at radius 2 is 2.16 bits per heavy atom. The Kier molecular flexibility index (Phi) is 4.46. The highest BCUT2D eigenvalue weighted by atomic mass is 35.5. The molecule has 4 heteroatoms. The van der Waals surface area contributed by atoms with E-state index in [-0.39, 0.29) is 11.3 Å². The van der Waals surface area contributed by atoms with Crippen molar-refractivity contribution in [3.05, 3.63) is 23.4 Å². The molecule has 0 aliphatic heterocycles. The second kappa shape index (κ2) is 5.91. The van der Waals surface area contributed by atoms with Crippen LogP contribution in [0.5, 0.6) is 0 Å². The molecule has 1 N–H and O–H groups in total. The molecule has 0 atom stereocenters. The van der Waals surface area contributed by atoms with Crippen LogP contribution in [0.25, 0.3) is 0 Å². The van der Waals surface area contributed by atoms with Crippen LogP contribution in [0, 0.1) is 11.3 Å². The fourth-order valence-corrected chi connectivity index (χ4v) is 3.24. The van der Waals surface area contributed by atoms with Gasteiger partial charge in [-0.1, -0.05) is 38.3 Å². The molecular weight excluding hydrogens is 260 g/mol. The molecule has 1 amide bonds. The molecule has 0 saturated heterocycles. The number of pyridine rings is 1. The third kappa shape index (κ3) is 3.47. The van der Waals surface area contributed by atoms with Crippen LogP contribution in [-0.2, 0) is 4.79 Å². The van der Waals surface area contributed by atoms with Crippen molar-refractivity contribution in [2.75, 3.05) is 5.32 Å². The van der Waals surface area contributed by atoms with E-state index in [9.17, 15) is 4.79 Å². The maximum absolute atomic E-state index is 12.6. The Labute approximate surface area is 119 Å². The fourth-order valence-electron chi connectivity index (χ4n) is 3.08. The fraction of sp³-hybridized carbons (Fsp3) is 0.600. The van der Waals surface area contributed by atoms with Gasteiger partial charge in [-0.25, -0.2) is 4.98 Å². The molecule has 1 aliphatic carbocycles. The van der Waals surface area contributed by atoms with Gasteiger partial charge in [0.1, 0.15) is 5.82 Å². The molecule has 3 nitrogen and oxygen atoms in total. The molecule has 0 radical (unpaired) electrons. The average molecular weight is 281 g/mol. The highest BCUT2D eigenvalue weighted by Crippen LogP contribution is 2.44. The minimum atomic E-state index is -0.210. The molecule has 1 saturated carbocycles. The number of amides is 1. The van der Waals surface area contributed by atoms with Crippen LogP contribution in [0.1, 0.15) is 46.0 Å². The highest BCUT2D eigenvalue weighted by molar-refractivity contribution is 6.30. The van der Waals surface area contributed by atoms with Crippen molar-refractivity contribution in [2.24, 2.45) is 11.3 Å². The predicted molar refractivity (Wildman–Crippen MR) is 78.2 cm³/mol. The summed E-state index contributed by atoms with van der Waals surface area (Å²) < 4.78 is 0. The lowest BCUT2D eigenvalue weighted by Gasteiger charge is -2.29. The number of nitrogens with one attached hydrogen (secondary N) is 1. The molecule has 0 aromatic carbocycles. The number of halogens is 1. The number of aromatic nitrogens is 1. The van der Waals surface area contributed by atoms with Gasteiger partial charge in [-0.15, -0.1) is 0 Å². The second-order valence-electron chi connectivity index (χ2n) is 5.90. The van der Waals surface area contributed by atoms with Crippen LogP contribution in [0.2, 0.25) is 5.02 Å². The Morgan fingerprint density at radius 1 is 1.47 bits per heavy atom. The number of hydrogen-bond donors (Lipinski definition) is 1. The van der Waals surface area contributed by atoms with Crippen molar-refractivity contribution < 1.29 is 4.79 Å². The smallest absolute Gasteiger partial charge is 0.231 e. The van der Waals surface area contributed by atoms with Gasteiger partial charge >= 0.3 is 0 Å². The zero-order chi connectivity index (χ0) is 13.9. The molecule has 1 aromatic heterocycles. The topological polar surface area (TPSA) is 42.0 Å². The van der Waals surface area contributed by atoms with Crippen molar-refractivity contribution in [3.8, 4) is 0 Å². The van der Waals surface area contributed by atoms with Crippen LogP contribution in [0.3, 0.4) is 0 Å². The summed E-state index contributed by atoms with van der Waals surface area (Å²) in [6, 6.07) is 3.40. The molecule has 1 aliphatic rings. The zero-order valence-corrected chi connectivity index (χ0v) is 12.3. The number of hydrogen-bond acceptors (Lipinski definition) is 2. The van der Waals surface area contributed by atoms with Crippen LogP contribution < -0.4 is 5.32 Å². The predicted octanol–water partition coefficient (Wildman–Crippen LogP) is 4.28. The standard InChI is InChI=1S/C15H21ClN2O/c1-11(2)10-15(6-3-4-7-15)14(19)18-13-9-12(16)5-8-17-13/h5,8-9,11H,3-4,6-7,10H2,1-2H3,(H,17,18,19). The molecule has 1 aromatic rings. The van der Waals surface area contributed by atoms with Gasteiger partial charge in [0.25, 0.3) is 0 Å². The van der Waals surface area contributed by atoms with E-state index in [4.69, 9.17) is 11.6 Å². The Hall–Kier alpha value is -1.09. The number of rotatable bonds is 4. The Bertz CT molecular complexity index is 453. The minimum Gasteiger partial charge on any atom is -0.310 e. The van der Waals surface area contributed by atoms with E-state index in [1.165, 1.54) is 0 Å². The first-order chi connectivity index (χ1) is 9.02. The maximum atomic E-state index is 12.6. The zero-order valence-electron chi connectivity index (χ0n) is 11.6. The number of anilines is 1. The van der Waals surface area contributed by atoms with Crippen molar-refractivity contribution >= 4 is 23.3 Å². The molecule has 0 spiro atoms. The first-order valence-corrected chi connectivity index (χ1v) is 7.33. The molecule has 2 rings (SSSR count). The quantitative estimate of drug-likeness (QED) is 0.894. The van der Waals surface area contributed by atoms with Gasteiger partial charge in [0, 0.05) is 16.6 Å². The maximum Gasteiger partial charge on any atom is 0.231 e. The molecular formula is C15H21ClN2O. The van der Waals surface area contributed by atoms with Crippen molar-refractivity contribution in [1.29, 1.82) is 0 Å². The second-order valence-corrected chi connectivity index (χ2v) is 6.34. The van der Waals surface area contributed by atoms with Gasteiger partial charge in [0.05, 0.1) is 0 Å². The molecule has 1 fully saturated rings. The average Bonchev–Trinajstić information content (AvgIpc) is 2.78. The van der Waals surface area contributed by atoms with Gasteiger partial charge in [-0.3, -0.25) is 4.79 Å². The lowest BCUT2D eigenvalue weighted by Crippen LogP contribution is -2.35. The van der Waals surface area contributed by atoms with Gasteiger partial charge in [0.15, 0.2) is 0 Å². The van der Waals surface area contributed by atoms with E-state index in [1.54, 1.807) is 18.3 Å². The van der Waals surface area contributed by atoms with E-state index in [2.05, 4.69) is 24.1 Å². The van der Waals surface area contributed by atoms with Crippen molar-refractivity contribution in [1.82, 2.24) is 4.98 Å². The van der Waals surface area contributed by atoms with E-state index < -0.39 is 0 Å². The Morgan fingerprint density at radius 3 is 2.74 bits per heavy atom. The summed E-state index contributed by atoms with van der Waals surface area (Å²) in [6.45, 7) is 4.34. The van der Waals surface area contributed by atoms with Crippen molar-refractivity contribution in [2.45, 2.75) is 46.0 Å². The van der Waals surface area contributed by atoms with E-state index in [0.29, 0.717) is 16.8 Å². The van der Waals surface area contributed by atoms with Crippen LogP contribution in [0.15, 0.2) is 18.3 Å². The van der Waals surface area contributed by atoms with Gasteiger partial charge in [-0.2, -0.15) is 0 Å². The lowest BCUT2D eigenvalue weighted by atomic mass is 9.77. The van der Waals surface area contributed by atoms with Gasteiger partial charge in [0.2, 0.25) is 5.91 Å². The summed E-state index contributed by atoms with van der Waals surface area (Å²) in [5.41, 5.74) is -0.210. The van der Waals surface area contributed by atoms with E-state index in [0.717, 1.165) is 32.1 Å². The number of nitrogens with zero attached hydrogens (tertiary/aromatic N) is 1. The monoisotopic (exact) mass is 280 g/mol. The summed E-state index contributed by atoms with van der Waals surface area (Å²) in [6.07, 6.45) is 6.81. The van der Waals surface area contributed by atoms with Gasteiger partial charge in [-0.05, 0) is 37.3 Å². The SMILES string of the molecule is CC(C)CC1(C(=O)Nc2cc(Cl)ccn2)CCCC1. The molecule has 0 unspecified atom stereocenters. The molecule has 1 heterocycles. The van der Waals surface area contributed by atoms with Crippen LogP contribution >= 0.6 is 11.6 Å². The minimum absolute atomic E-state index is 0.105. The molecule has 104 valence electrons. The number of carbonyl (C=O) groups excluding carboxylic acids is 1. The normalized spacial score (nSPS) is 17.7. The third-order valence-corrected chi connectivity index (χ3v) is 4.04. The summed E-state index contributed by atoms with van der Waals surface area (Å²) in [5, 5.41) is 3.53. The third-order valence-electron chi connectivity index (χ3n) is 3.80. The first kappa shape index (κ1) is 14.3. The summed E-state index contributed by atoms with van der Waals surface area (Å²) >= 11 is 5.92. The van der Waals surface area contributed by atoms with Crippen LogP contribution in [-0.4, -0.2) is 10.9 Å². The number of carbonyl (C=O) groups is 1. The van der Waals surface area contributed by atoms with Crippen LogP contribution in [0.4, 0.5) is 5.82 Å². The lowest BCUT2D eigenvalue weighted by molar-refractivity contribution is -0.126. The van der Waals surface area contributed by atoms with E-state index >= 15 is 0 Å². The summed E-state index contributed by atoms with van der Waals surface area (Å²) in [5.74, 6) is 1.18. The first-order valence-electron chi connectivity index (χ1n) is 6.95. The Balaban J connectivity index is 2.12. The van der Waals surface area contributed by atoms with Gasteiger partial charge < -0.3 is 5.32 Å². The highest BCUT2D eigenvalue weighted by Gasteiger charge is 2.41. The largest absolute Gasteiger partial charge is 0.310 e. The van der Waals surface area contributed by atoms with Crippen molar-refractivity contribution in [3.63, 3.8) is 0 Å². The summed E-state index contributed by atoms with van der Waals surface area (Å²) in [4.78, 5) is 16.7. The van der Waals surface area contributed by atoms with E-state index in [1.807, 2.05) is 0 Å².